The third-order valence-electron chi connectivity index (χ3n) is 2.23. The predicted octanol–water partition coefficient (Wildman–Crippen LogP) is 2.07. The van der Waals surface area contributed by atoms with Crippen molar-refractivity contribution in [3.05, 3.63) is 23.5 Å². The number of rotatable bonds is 5. The van der Waals surface area contributed by atoms with Gasteiger partial charge in [-0.2, -0.15) is 0 Å². The molecule has 78 valence electrons. The Bertz CT molecular complexity index is 302. The Morgan fingerprint density at radius 2 is 2.21 bits per heavy atom. The number of hydrogen-bond donors (Lipinski definition) is 0. The molecule has 0 saturated heterocycles. The fraction of sp³-hybridized carbons (Fsp3) is 0.545. The summed E-state index contributed by atoms with van der Waals surface area (Å²) in [5, 5.41) is 0. The van der Waals surface area contributed by atoms with Crippen LogP contribution in [0.4, 0.5) is 0 Å². The van der Waals surface area contributed by atoms with Crippen LogP contribution in [0.3, 0.4) is 0 Å². The summed E-state index contributed by atoms with van der Waals surface area (Å²) in [5.74, 6) is 0. The molecule has 0 N–H and O–H groups in total. The number of carbonyl (C=O) groups excluding carboxylic acids is 1. The first-order valence-corrected chi connectivity index (χ1v) is 4.85. The maximum absolute atomic E-state index is 10.8. The van der Waals surface area contributed by atoms with Gasteiger partial charge in [0, 0.05) is 25.3 Å². The van der Waals surface area contributed by atoms with Crippen molar-refractivity contribution in [2.45, 2.75) is 26.3 Å². The first-order chi connectivity index (χ1) is 6.70. The highest BCUT2D eigenvalue weighted by atomic mass is 16.5. The largest absolute Gasteiger partial charge is 0.384 e. The summed E-state index contributed by atoms with van der Waals surface area (Å²) in [6.45, 7) is 4.83. The Kier molecular flexibility index (Phi) is 3.89. The number of ether oxygens (including phenoxy) is 1. The van der Waals surface area contributed by atoms with Gasteiger partial charge in [0.2, 0.25) is 0 Å². The molecule has 0 saturated carbocycles. The molecule has 0 fully saturated rings. The number of methoxy groups -OCH3 is 1. The highest BCUT2D eigenvalue weighted by Crippen LogP contribution is 2.15. The second-order valence-corrected chi connectivity index (χ2v) is 3.57. The number of hydrogen-bond acceptors (Lipinski definition) is 2. The van der Waals surface area contributed by atoms with Crippen molar-refractivity contribution in [1.82, 2.24) is 4.57 Å². The van der Waals surface area contributed by atoms with Gasteiger partial charge in [-0.3, -0.25) is 4.79 Å². The topological polar surface area (TPSA) is 31.2 Å². The summed E-state index contributed by atoms with van der Waals surface area (Å²) >= 11 is 0. The monoisotopic (exact) mass is 195 g/mol. The fourth-order valence-electron chi connectivity index (χ4n) is 1.64. The van der Waals surface area contributed by atoms with E-state index in [0.717, 1.165) is 24.1 Å². The molecule has 0 aliphatic carbocycles. The van der Waals surface area contributed by atoms with E-state index in [0.29, 0.717) is 12.6 Å². The smallest absolute Gasteiger partial charge is 0.166 e. The van der Waals surface area contributed by atoms with Crippen LogP contribution >= 0.6 is 0 Å². The van der Waals surface area contributed by atoms with E-state index in [2.05, 4.69) is 13.8 Å². The Morgan fingerprint density at radius 3 is 2.71 bits per heavy atom. The Hall–Kier alpha value is -1.09. The van der Waals surface area contributed by atoms with E-state index in [1.807, 2.05) is 16.7 Å². The van der Waals surface area contributed by atoms with E-state index in [9.17, 15) is 4.79 Å². The van der Waals surface area contributed by atoms with E-state index in [1.54, 1.807) is 7.11 Å². The number of nitrogens with zero attached hydrogens (tertiary/aromatic N) is 1. The Balaban J connectivity index is 2.92. The molecule has 1 heterocycles. The van der Waals surface area contributed by atoms with Crippen molar-refractivity contribution in [3.8, 4) is 0 Å². The normalized spacial score (nSPS) is 10.9. The summed E-state index contributed by atoms with van der Waals surface area (Å²) in [6.07, 6.45) is 1.75. The van der Waals surface area contributed by atoms with Gasteiger partial charge in [0.25, 0.3) is 0 Å². The zero-order valence-electron chi connectivity index (χ0n) is 8.99. The SMILES string of the molecule is COCCc1ccc(C=O)n1C(C)C. The second-order valence-electron chi connectivity index (χ2n) is 3.57. The van der Waals surface area contributed by atoms with Gasteiger partial charge in [-0.25, -0.2) is 0 Å². The van der Waals surface area contributed by atoms with Crippen LogP contribution in [-0.4, -0.2) is 24.6 Å². The van der Waals surface area contributed by atoms with Crippen molar-refractivity contribution >= 4 is 6.29 Å². The Labute approximate surface area is 84.7 Å². The van der Waals surface area contributed by atoms with Crippen LogP contribution in [0.25, 0.3) is 0 Å². The van der Waals surface area contributed by atoms with Crippen molar-refractivity contribution in [2.24, 2.45) is 0 Å². The third kappa shape index (κ3) is 2.23. The second kappa shape index (κ2) is 4.96. The first-order valence-electron chi connectivity index (χ1n) is 4.85. The van der Waals surface area contributed by atoms with Gasteiger partial charge in [-0.15, -0.1) is 0 Å². The van der Waals surface area contributed by atoms with E-state index in [4.69, 9.17) is 4.74 Å². The molecule has 1 aromatic heterocycles. The van der Waals surface area contributed by atoms with Crippen LogP contribution in [0, 0.1) is 0 Å². The molecule has 0 bridgehead atoms. The number of aldehydes is 1. The quantitative estimate of drug-likeness (QED) is 0.673. The van der Waals surface area contributed by atoms with Crippen LogP contribution in [0.1, 0.15) is 36.1 Å². The molecule has 3 heteroatoms. The van der Waals surface area contributed by atoms with Crippen molar-refractivity contribution in [3.63, 3.8) is 0 Å². The molecule has 3 nitrogen and oxygen atoms in total. The fourth-order valence-corrected chi connectivity index (χ4v) is 1.64. The minimum absolute atomic E-state index is 0.317. The minimum Gasteiger partial charge on any atom is -0.384 e. The van der Waals surface area contributed by atoms with Crippen molar-refractivity contribution in [2.75, 3.05) is 13.7 Å². The van der Waals surface area contributed by atoms with Crippen molar-refractivity contribution in [1.29, 1.82) is 0 Å². The van der Waals surface area contributed by atoms with Gasteiger partial charge < -0.3 is 9.30 Å². The first kappa shape index (κ1) is 11.0. The molecule has 0 aromatic carbocycles. The zero-order chi connectivity index (χ0) is 10.6. The van der Waals surface area contributed by atoms with Crippen molar-refractivity contribution < 1.29 is 9.53 Å². The summed E-state index contributed by atoms with van der Waals surface area (Å²) in [5.41, 5.74) is 1.90. The third-order valence-corrected chi connectivity index (χ3v) is 2.23. The maximum atomic E-state index is 10.8. The lowest BCUT2D eigenvalue weighted by Gasteiger charge is -2.14. The standard InChI is InChI=1S/C11H17NO2/c1-9(2)12-10(6-7-14-3)4-5-11(12)8-13/h4-5,8-9H,6-7H2,1-3H3. The highest BCUT2D eigenvalue weighted by molar-refractivity contribution is 5.72. The van der Waals surface area contributed by atoms with Gasteiger partial charge in [-0.1, -0.05) is 0 Å². The zero-order valence-corrected chi connectivity index (χ0v) is 8.99. The average Bonchev–Trinajstić information content (AvgIpc) is 2.57. The molecule has 0 atom stereocenters. The average molecular weight is 195 g/mol. The van der Waals surface area contributed by atoms with Gasteiger partial charge >= 0.3 is 0 Å². The molecule has 0 amide bonds. The summed E-state index contributed by atoms with van der Waals surface area (Å²) < 4.78 is 7.07. The van der Waals surface area contributed by atoms with Gasteiger partial charge in [0.05, 0.1) is 12.3 Å². The molecule has 0 spiro atoms. The molecule has 0 aliphatic rings. The van der Waals surface area contributed by atoms with Crippen LogP contribution < -0.4 is 0 Å². The number of aromatic nitrogens is 1. The molecule has 0 unspecified atom stereocenters. The molecular formula is C11H17NO2. The maximum Gasteiger partial charge on any atom is 0.166 e. The van der Waals surface area contributed by atoms with E-state index < -0.39 is 0 Å². The lowest BCUT2D eigenvalue weighted by Crippen LogP contribution is -2.10. The van der Waals surface area contributed by atoms with Gasteiger partial charge in [0.15, 0.2) is 6.29 Å². The van der Waals surface area contributed by atoms with E-state index >= 15 is 0 Å². The molecule has 1 rings (SSSR count). The molecule has 0 aliphatic heterocycles. The van der Waals surface area contributed by atoms with E-state index in [1.165, 1.54) is 0 Å². The van der Waals surface area contributed by atoms with Gasteiger partial charge in [-0.05, 0) is 26.0 Å². The minimum atomic E-state index is 0.317. The van der Waals surface area contributed by atoms with Crippen LogP contribution in [-0.2, 0) is 11.2 Å². The lowest BCUT2D eigenvalue weighted by atomic mass is 10.3. The van der Waals surface area contributed by atoms with Crippen LogP contribution in [0.15, 0.2) is 12.1 Å². The summed E-state index contributed by atoms with van der Waals surface area (Å²) in [7, 11) is 1.68. The number of carbonyl (C=O) groups is 1. The molecule has 0 radical (unpaired) electrons. The summed E-state index contributed by atoms with van der Waals surface area (Å²) in [4.78, 5) is 10.8. The molecule has 1 aromatic rings. The Morgan fingerprint density at radius 1 is 1.50 bits per heavy atom. The van der Waals surface area contributed by atoms with Gasteiger partial charge in [0.1, 0.15) is 0 Å². The van der Waals surface area contributed by atoms with Crippen LogP contribution in [0.2, 0.25) is 0 Å². The highest BCUT2D eigenvalue weighted by Gasteiger charge is 2.09. The lowest BCUT2D eigenvalue weighted by molar-refractivity contribution is 0.111. The summed E-state index contributed by atoms with van der Waals surface area (Å²) in [6, 6.07) is 4.16. The molecule has 14 heavy (non-hydrogen) atoms. The predicted molar refractivity (Wildman–Crippen MR) is 55.8 cm³/mol. The molecular weight excluding hydrogens is 178 g/mol. The van der Waals surface area contributed by atoms with Crippen LogP contribution in [0.5, 0.6) is 0 Å². The van der Waals surface area contributed by atoms with E-state index in [-0.39, 0.29) is 0 Å².